The average Bonchev–Trinajstić information content (AvgIpc) is 3.26. The number of sulfonamides is 1. The third-order valence-corrected chi connectivity index (χ3v) is 7.75. The number of hydrogen-bond acceptors (Lipinski definition) is 5. The maximum absolute atomic E-state index is 12.7. The molecule has 0 N–H and O–H groups in total. The first kappa shape index (κ1) is 18.8. The highest BCUT2D eigenvalue weighted by atomic mass is 32.2. The smallest absolute Gasteiger partial charge is 0.268 e. The van der Waals surface area contributed by atoms with Gasteiger partial charge in [-0.25, -0.2) is 17.7 Å². The minimum Gasteiger partial charge on any atom is -0.268 e. The van der Waals surface area contributed by atoms with Crippen LogP contribution in [0.3, 0.4) is 0 Å². The van der Waals surface area contributed by atoms with Crippen LogP contribution in [0.4, 0.5) is 0 Å². The maximum atomic E-state index is 12.7. The van der Waals surface area contributed by atoms with Crippen LogP contribution in [0.2, 0.25) is 0 Å². The van der Waals surface area contributed by atoms with Gasteiger partial charge in [0, 0.05) is 10.9 Å². The third kappa shape index (κ3) is 3.14. The molecule has 28 heavy (non-hydrogen) atoms. The summed E-state index contributed by atoms with van der Waals surface area (Å²) in [6, 6.07) is 14.6. The van der Waals surface area contributed by atoms with Crippen molar-refractivity contribution in [3.8, 4) is 11.3 Å². The predicted octanol–water partition coefficient (Wildman–Crippen LogP) is 4.67. The second-order valence-corrected chi connectivity index (χ2v) is 9.64. The number of carbonyl (C=O) groups is 1. The first-order valence-electron chi connectivity index (χ1n) is 9.12. The van der Waals surface area contributed by atoms with Gasteiger partial charge in [0.2, 0.25) is 0 Å². The first-order chi connectivity index (χ1) is 13.4. The van der Waals surface area contributed by atoms with Gasteiger partial charge in [-0.3, -0.25) is 4.79 Å². The van der Waals surface area contributed by atoms with Crippen LogP contribution < -0.4 is 0 Å². The molecule has 2 aromatic carbocycles. The summed E-state index contributed by atoms with van der Waals surface area (Å²) in [5.74, 6) is 0.0123. The van der Waals surface area contributed by atoms with E-state index in [0.29, 0.717) is 10.9 Å². The minimum absolute atomic E-state index is 0.0501. The third-order valence-electron chi connectivity index (χ3n) is 5.13. The van der Waals surface area contributed by atoms with E-state index < -0.39 is 15.9 Å². The van der Waals surface area contributed by atoms with Crippen molar-refractivity contribution in [2.75, 3.05) is 0 Å². The Hall–Kier alpha value is -2.51. The fraction of sp³-hybridized carbons (Fsp3) is 0.238. The summed E-state index contributed by atoms with van der Waals surface area (Å²) in [5, 5.41) is 2.49. The lowest BCUT2D eigenvalue weighted by atomic mass is 9.97. The Balaban J connectivity index is 1.57. The van der Waals surface area contributed by atoms with Crippen molar-refractivity contribution in [2.45, 2.75) is 37.6 Å². The topological polar surface area (TPSA) is 67.3 Å². The van der Waals surface area contributed by atoms with Crippen LogP contribution in [0.5, 0.6) is 0 Å². The van der Waals surface area contributed by atoms with Crippen molar-refractivity contribution in [1.82, 2.24) is 9.29 Å². The summed E-state index contributed by atoms with van der Waals surface area (Å²) < 4.78 is 26.3. The fourth-order valence-corrected chi connectivity index (χ4v) is 5.65. The Morgan fingerprint density at radius 3 is 2.50 bits per heavy atom. The number of nitrogens with zero attached hydrogens (tertiary/aromatic N) is 2. The molecule has 0 radical (unpaired) electrons. The van der Waals surface area contributed by atoms with E-state index in [1.54, 1.807) is 18.2 Å². The number of aromatic nitrogens is 1. The van der Waals surface area contributed by atoms with Crippen molar-refractivity contribution in [3.63, 3.8) is 0 Å². The van der Waals surface area contributed by atoms with E-state index in [-0.39, 0.29) is 17.0 Å². The number of carbonyl (C=O) groups excluding carboxylic acids is 1. The number of hydrogen-bond donors (Lipinski definition) is 0. The summed E-state index contributed by atoms with van der Waals surface area (Å²) >= 11 is 1.36. The molecule has 4 rings (SSSR count). The largest absolute Gasteiger partial charge is 0.269 e. The second kappa shape index (κ2) is 7.14. The average molecular weight is 413 g/mol. The van der Waals surface area contributed by atoms with Crippen molar-refractivity contribution in [3.05, 3.63) is 70.0 Å². The second-order valence-electron chi connectivity index (χ2n) is 6.87. The van der Waals surface area contributed by atoms with Crippen LogP contribution in [0, 0.1) is 0 Å². The SMILES string of the molecule is CC[C@H](C)c1ccc(-c2csc(CN3C(=O)c4ccccc4S3(=O)=O)n2)cc1. The molecule has 7 heteroatoms. The van der Waals surface area contributed by atoms with Gasteiger partial charge in [-0.2, -0.15) is 0 Å². The highest BCUT2D eigenvalue weighted by Crippen LogP contribution is 2.32. The number of amides is 1. The molecule has 0 bridgehead atoms. The molecule has 3 aromatic rings. The van der Waals surface area contributed by atoms with Gasteiger partial charge in [-0.05, 0) is 30.0 Å². The number of fused-ring (bicyclic) bond motifs is 1. The molecule has 0 aliphatic carbocycles. The molecular weight excluding hydrogens is 392 g/mol. The highest BCUT2D eigenvalue weighted by Gasteiger charge is 2.41. The van der Waals surface area contributed by atoms with E-state index in [1.165, 1.54) is 23.0 Å². The highest BCUT2D eigenvalue weighted by molar-refractivity contribution is 7.90. The first-order valence-corrected chi connectivity index (χ1v) is 11.4. The summed E-state index contributed by atoms with van der Waals surface area (Å²) in [6.07, 6.45) is 1.08. The summed E-state index contributed by atoms with van der Waals surface area (Å²) in [7, 11) is -3.82. The molecule has 0 fully saturated rings. The molecule has 0 saturated carbocycles. The van der Waals surface area contributed by atoms with Gasteiger partial charge >= 0.3 is 0 Å². The molecule has 1 amide bonds. The van der Waals surface area contributed by atoms with Crippen LogP contribution in [-0.2, 0) is 16.6 Å². The van der Waals surface area contributed by atoms with Gasteiger partial charge < -0.3 is 0 Å². The Morgan fingerprint density at radius 2 is 1.82 bits per heavy atom. The van der Waals surface area contributed by atoms with E-state index >= 15 is 0 Å². The molecule has 1 atom stereocenters. The molecule has 0 spiro atoms. The Kier molecular flexibility index (Phi) is 4.81. The quantitative estimate of drug-likeness (QED) is 0.611. The zero-order valence-electron chi connectivity index (χ0n) is 15.6. The Labute approximate surface area is 168 Å². The van der Waals surface area contributed by atoms with Crippen LogP contribution in [0.25, 0.3) is 11.3 Å². The van der Waals surface area contributed by atoms with Gasteiger partial charge in [-0.15, -0.1) is 11.3 Å². The van der Waals surface area contributed by atoms with Gasteiger partial charge in [0.1, 0.15) is 9.90 Å². The van der Waals surface area contributed by atoms with E-state index in [1.807, 2.05) is 17.5 Å². The van der Waals surface area contributed by atoms with E-state index in [9.17, 15) is 13.2 Å². The predicted molar refractivity (Wildman–Crippen MR) is 110 cm³/mol. The zero-order valence-corrected chi connectivity index (χ0v) is 17.3. The molecular formula is C21H20N2O3S2. The lowest BCUT2D eigenvalue weighted by Gasteiger charge is -2.13. The van der Waals surface area contributed by atoms with Gasteiger partial charge in [0.25, 0.3) is 15.9 Å². The molecule has 0 unspecified atom stereocenters. The Bertz CT molecular complexity index is 1130. The van der Waals surface area contributed by atoms with E-state index in [2.05, 4.69) is 31.0 Å². The Morgan fingerprint density at radius 1 is 1.11 bits per heavy atom. The molecule has 1 aliphatic heterocycles. The van der Waals surface area contributed by atoms with Crippen molar-refractivity contribution >= 4 is 27.3 Å². The number of rotatable bonds is 5. The summed E-state index contributed by atoms with van der Waals surface area (Å²) in [5.41, 5.74) is 3.28. The van der Waals surface area contributed by atoms with Crippen LogP contribution in [-0.4, -0.2) is 23.6 Å². The van der Waals surface area contributed by atoms with Crippen LogP contribution in [0.15, 0.2) is 58.8 Å². The van der Waals surface area contributed by atoms with E-state index in [4.69, 9.17) is 0 Å². The van der Waals surface area contributed by atoms with E-state index in [0.717, 1.165) is 22.0 Å². The van der Waals surface area contributed by atoms with Crippen molar-refractivity contribution in [1.29, 1.82) is 0 Å². The molecule has 144 valence electrons. The summed E-state index contributed by atoms with van der Waals surface area (Å²) in [6.45, 7) is 4.31. The monoisotopic (exact) mass is 412 g/mol. The molecule has 1 aliphatic rings. The molecule has 1 aromatic heterocycles. The minimum atomic E-state index is -3.82. The van der Waals surface area contributed by atoms with Crippen molar-refractivity contribution in [2.24, 2.45) is 0 Å². The normalized spacial score (nSPS) is 16.2. The lowest BCUT2D eigenvalue weighted by molar-refractivity contribution is 0.0865. The molecule has 2 heterocycles. The number of thiazole rings is 1. The summed E-state index contributed by atoms with van der Waals surface area (Å²) in [4.78, 5) is 17.2. The lowest BCUT2D eigenvalue weighted by Crippen LogP contribution is -2.29. The molecule has 5 nitrogen and oxygen atoms in total. The fourth-order valence-electron chi connectivity index (χ4n) is 3.24. The number of benzene rings is 2. The van der Waals surface area contributed by atoms with Crippen molar-refractivity contribution < 1.29 is 13.2 Å². The van der Waals surface area contributed by atoms with Gasteiger partial charge in [-0.1, -0.05) is 50.2 Å². The van der Waals surface area contributed by atoms with Crippen LogP contribution in [0.1, 0.15) is 47.1 Å². The van der Waals surface area contributed by atoms with Gasteiger partial charge in [0.15, 0.2) is 0 Å². The molecule has 0 saturated heterocycles. The maximum Gasteiger partial charge on any atom is 0.269 e. The van der Waals surface area contributed by atoms with Crippen LogP contribution >= 0.6 is 11.3 Å². The van der Waals surface area contributed by atoms with Gasteiger partial charge in [0.05, 0.1) is 17.8 Å². The zero-order chi connectivity index (χ0) is 19.9. The standard InChI is InChI=1S/C21H20N2O3S2/c1-3-14(2)15-8-10-16(11-9-15)18-13-27-20(22-18)12-23-21(24)17-6-4-5-7-19(17)28(23,25)26/h4-11,13-14H,3,12H2,1-2H3/t14-/m0/s1.